The van der Waals surface area contributed by atoms with Crippen LogP contribution in [0, 0.1) is 0 Å². The van der Waals surface area contributed by atoms with Crippen LogP contribution in [0.1, 0.15) is 44.6 Å². The molecule has 1 aromatic carbocycles. The highest BCUT2D eigenvalue weighted by Gasteiger charge is 2.18. The fourth-order valence-corrected chi connectivity index (χ4v) is 2.68. The first kappa shape index (κ1) is 14.6. The molecule has 104 valence electrons. The largest absolute Gasteiger partial charge is 0.0845 e. The van der Waals surface area contributed by atoms with Crippen molar-refractivity contribution >= 4 is 0 Å². The van der Waals surface area contributed by atoms with Crippen molar-refractivity contribution < 1.29 is 0 Å². The van der Waals surface area contributed by atoms with E-state index in [1.807, 2.05) is 0 Å². The van der Waals surface area contributed by atoms with Gasteiger partial charge < -0.3 is 0 Å². The molecule has 20 heavy (non-hydrogen) atoms. The van der Waals surface area contributed by atoms with Crippen LogP contribution in [-0.4, -0.2) is 0 Å². The van der Waals surface area contributed by atoms with Crippen molar-refractivity contribution in [2.75, 3.05) is 0 Å². The molecule has 1 aliphatic carbocycles. The lowest BCUT2D eigenvalue weighted by atomic mass is 9.82. The van der Waals surface area contributed by atoms with Gasteiger partial charge in [-0.15, -0.1) is 0 Å². The molecule has 0 bridgehead atoms. The molecule has 0 amide bonds. The van der Waals surface area contributed by atoms with E-state index in [9.17, 15) is 0 Å². The summed E-state index contributed by atoms with van der Waals surface area (Å²) in [6.45, 7) is 4.32. The first-order chi connectivity index (χ1) is 9.86. The van der Waals surface area contributed by atoms with Gasteiger partial charge in [0.1, 0.15) is 0 Å². The van der Waals surface area contributed by atoms with Crippen molar-refractivity contribution in [1.82, 2.24) is 0 Å². The van der Waals surface area contributed by atoms with Crippen LogP contribution < -0.4 is 0 Å². The third kappa shape index (κ3) is 3.60. The zero-order chi connectivity index (χ0) is 14.2. The molecule has 0 radical (unpaired) electrons. The van der Waals surface area contributed by atoms with Crippen LogP contribution in [-0.2, 0) is 0 Å². The molecule has 0 heteroatoms. The SMILES string of the molecule is C/C=C(\C=C/CC)C(C1=CCCC=C1)c1ccccc1. The molecule has 1 aliphatic rings. The molecular weight excluding hydrogens is 240 g/mol. The Bertz CT molecular complexity index is 526. The van der Waals surface area contributed by atoms with E-state index in [1.54, 1.807) is 0 Å². The van der Waals surface area contributed by atoms with Gasteiger partial charge in [0.2, 0.25) is 0 Å². The van der Waals surface area contributed by atoms with Crippen molar-refractivity contribution in [2.24, 2.45) is 0 Å². The molecule has 0 N–H and O–H groups in total. The van der Waals surface area contributed by atoms with E-state index in [2.05, 4.69) is 80.6 Å². The lowest BCUT2D eigenvalue weighted by molar-refractivity contribution is 0.917. The van der Waals surface area contributed by atoms with Crippen molar-refractivity contribution in [2.45, 2.75) is 39.0 Å². The van der Waals surface area contributed by atoms with Crippen LogP contribution >= 0.6 is 0 Å². The van der Waals surface area contributed by atoms with Gasteiger partial charge in [-0.05, 0) is 42.9 Å². The summed E-state index contributed by atoms with van der Waals surface area (Å²) in [6.07, 6.45) is 17.2. The Labute approximate surface area is 123 Å². The Morgan fingerprint density at radius 1 is 1.20 bits per heavy atom. The molecule has 1 unspecified atom stereocenters. The number of hydrogen-bond acceptors (Lipinski definition) is 0. The highest BCUT2D eigenvalue weighted by Crippen LogP contribution is 2.35. The second-order valence-corrected chi connectivity index (χ2v) is 5.13. The Morgan fingerprint density at radius 2 is 2.00 bits per heavy atom. The Morgan fingerprint density at radius 3 is 2.60 bits per heavy atom. The molecule has 0 saturated heterocycles. The summed E-state index contributed by atoms with van der Waals surface area (Å²) in [5.74, 6) is 0.362. The average molecular weight is 264 g/mol. The van der Waals surface area contributed by atoms with Gasteiger partial charge in [0.05, 0.1) is 0 Å². The summed E-state index contributed by atoms with van der Waals surface area (Å²) in [7, 11) is 0. The monoisotopic (exact) mass is 264 g/mol. The lowest BCUT2D eigenvalue weighted by Crippen LogP contribution is -2.05. The number of allylic oxidation sites excluding steroid dienone is 8. The number of benzene rings is 1. The van der Waals surface area contributed by atoms with Gasteiger partial charge >= 0.3 is 0 Å². The fraction of sp³-hybridized carbons (Fsp3) is 0.300. The van der Waals surface area contributed by atoms with Crippen molar-refractivity contribution in [1.29, 1.82) is 0 Å². The van der Waals surface area contributed by atoms with E-state index < -0.39 is 0 Å². The van der Waals surface area contributed by atoms with Gasteiger partial charge in [-0.1, -0.05) is 73.7 Å². The van der Waals surface area contributed by atoms with Crippen LogP contribution in [0.4, 0.5) is 0 Å². The zero-order valence-corrected chi connectivity index (χ0v) is 12.5. The first-order valence-electron chi connectivity index (χ1n) is 7.61. The van der Waals surface area contributed by atoms with Crippen molar-refractivity contribution in [3.8, 4) is 0 Å². The molecule has 0 saturated carbocycles. The first-order valence-corrected chi connectivity index (χ1v) is 7.61. The summed E-state index contributed by atoms with van der Waals surface area (Å²) in [5, 5.41) is 0. The average Bonchev–Trinajstić information content (AvgIpc) is 2.53. The van der Waals surface area contributed by atoms with Crippen LogP contribution in [0.15, 0.2) is 77.9 Å². The minimum absolute atomic E-state index is 0.362. The van der Waals surface area contributed by atoms with E-state index in [-0.39, 0.29) is 0 Å². The van der Waals surface area contributed by atoms with E-state index >= 15 is 0 Å². The summed E-state index contributed by atoms with van der Waals surface area (Å²) in [5.41, 5.74) is 4.19. The smallest absolute Gasteiger partial charge is 0.0333 e. The summed E-state index contributed by atoms with van der Waals surface area (Å²) < 4.78 is 0. The third-order valence-electron chi connectivity index (χ3n) is 3.70. The fourth-order valence-electron chi connectivity index (χ4n) is 2.68. The second-order valence-electron chi connectivity index (χ2n) is 5.13. The van der Waals surface area contributed by atoms with Gasteiger partial charge in [-0.3, -0.25) is 0 Å². The summed E-state index contributed by atoms with van der Waals surface area (Å²) >= 11 is 0. The molecule has 1 atom stereocenters. The number of hydrogen-bond donors (Lipinski definition) is 0. The van der Waals surface area contributed by atoms with E-state index in [0.29, 0.717) is 5.92 Å². The molecule has 0 spiro atoms. The highest BCUT2D eigenvalue weighted by atomic mass is 14.2. The number of rotatable bonds is 5. The Balaban J connectivity index is 2.41. The molecular formula is C20H24. The zero-order valence-electron chi connectivity index (χ0n) is 12.5. The van der Waals surface area contributed by atoms with E-state index in [1.165, 1.54) is 23.1 Å². The van der Waals surface area contributed by atoms with Crippen LogP contribution in [0.3, 0.4) is 0 Å². The minimum atomic E-state index is 0.362. The van der Waals surface area contributed by atoms with Crippen molar-refractivity contribution in [3.05, 3.63) is 83.5 Å². The van der Waals surface area contributed by atoms with Crippen LogP contribution in [0.2, 0.25) is 0 Å². The molecule has 0 nitrogen and oxygen atoms in total. The maximum atomic E-state index is 2.39. The molecule has 0 heterocycles. The predicted molar refractivity (Wildman–Crippen MR) is 88.8 cm³/mol. The Kier molecular flexibility index (Phi) is 5.61. The normalized spacial score (nSPS) is 17.3. The van der Waals surface area contributed by atoms with E-state index in [0.717, 1.165) is 12.8 Å². The molecule has 2 rings (SSSR count). The van der Waals surface area contributed by atoms with Gasteiger partial charge in [-0.2, -0.15) is 0 Å². The van der Waals surface area contributed by atoms with E-state index in [4.69, 9.17) is 0 Å². The van der Waals surface area contributed by atoms with Gasteiger partial charge in [0.15, 0.2) is 0 Å². The van der Waals surface area contributed by atoms with Crippen LogP contribution in [0.5, 0.6) is 0 Å². The van der Waals surface area contributed by atoms with Crippen molar-refractivity contribution in [3.63, 3.8) is 0 Å². The second kappa shape index (κ2) is 7.69. The topological polar surface area (TPSA) is 0 Å². The standard InChI is InChI=1S/C20H24/c1-3-5-12-17(4-2)20(18-13-8-6-9-14-18)19-15-10-7-11-16-19/h4-6,8-10,12-16,20H,3,7,11H2,1-2H3/b12-5-,17-4+. The summed E-state index contributed by atoms with van der Waals surface area (Å²) in [4.78, 5) is 0. The molecule has 0 aromatic heterocycles. The molecule has 0 aliphatic heterocycles. The predicted octanol–water partition coefficient (Wildman–Crippen LogP) is 5.96. The summed E-state index contributed by atoms with van der Waals surface area (Å²) in [6, 6.07) is 10.8. The quantitative estimate of drug-likeness (QED) is 0.576. The molecule has 0 fully saturated rings. The maximum Gasteiger partial charge on any atom is 0.0333 e. The van der Waals surface area contributed by atoms with Gasteiger partial charge in [0, 0.05) is 5.92 Å². The maximum absolute atomic E-state index is 2.39. The van der Waals surface area contributed by atoms with Gasteiger partial charge in [-0.25, -0.2) is 0 Å². The Hall–Kier alpha value is -1.82. The van der Waals surface area contributed by atoms with Gasteiger partial charge in [0.25, 0.3) is 0 Å². The minimum Gasteiger partial charge on any atom is -0.0845 e. The van der Waals surface area contributed by atoms with Crippen LogP contribution in [0.25, 0.3) is 0 Å². The molecule has 1 aromatic rings. The highest BCUT2D eigenvalue weighted by molar-refractivity contribution is 5.47. The lowest BCUT2D eigenvalue weighted by Gasteiger charge is -2.22. The third-order valence-corrected chi connectivity index (χ3v) is 3.70.